The van der Waals surface area contributed by atoms with Crippen LogP contribution >= 0.6 is 23.2 Å². The first-order valence-electron chi connectivity index (χ1n) is 12.1. The van der Waals surface area contributed by atoms with E-state index in [0.717, 1.165) is 21.7 Å². The molecule has 0 saturated carbocycles. The Morgan fingerprint density at radius 3 is 2.31 bits per heavy atom. The zero-order valence-electron chi connectivity index (χ0n) is 22.1. The molecule has 8 nitrogen and oxygen atoms in total. The molecule has 3 aromatic carbocycles. The van der Waals surface area contributed by atoms with Crippen molar-refractivity contribution in [3.05, 3.63) is 93.5 Å². The molecular weight excluding hydrogens is 561 g/mol. The molecule has 0 radical (unpaired) electrons. The highest BCUT2D eigenvalue weighted by atomic mass is 35.5. The van der Waals surface area contributed by atoms with E-state index in [4.69, 9.17) is 27.9 Å². The van der Waals surface area contributed by atoms with Crippen molar-refractivity contribution in [2.45, 2.75) is 25.9 Å². The van der Waals surface area contributed by atoms with E-state index in [-0.39, 0.29) is 18.7 Å². The number of carbonyl (C=O) groups excluding carboxylic acids is 2. The summed E-state index contributed by atoms with van der Waals surface area (Å²) < 4.78 is 32.3. The Morgan fingerprint density at radius 2 is 1.72 bits per heavy atom. The van der Waals surface area contributed by atoms with E-state index in [2.05, 4.69) is 5.32 Å². The monoisotopic (exact) mass is 591 g/mol. The van der Waals surface area contributed by atoms with E-state index in [9.17, 15) is 18.0 Å². The van der Waals surface area contributed by atoms with Crippen LogP contribution in [0, 0.1) is 6.92 Å². The van der Waals surface area contributed by atoms with Crippen molar-refractivity contribution in [2.75, 3.05) is 31.3 Å². The number of hydrogen-bond donors (Lipinski definition) is 1. The molecule has 208 valence electrons. The molecule has 0 fully saturated rings. The van der Waals surface area contributed by atoms with Gasteiger partial charge in [-0.05, 0) is 47.9 Å². The van der Waals surface area contributed by atoms with Crippen LogP contribution in [0.2, 0.25) is 10.0 Å². The Labute approximate surface area is 239 Å². The van der Waals surface area contributed by atoms with Crippen molar-refractivity contribution < 1.29 is 22.7 Å². The van der Waals surface area contributed by atoms with Gasteiger partial charge in [-0.3, -0.25) is 13.9 Å². The van der Waals surface area contributed by atoms with Gasteiger partial charge in [0.2, 0.25) is 21.8 Å². The summed E-state index contributed by atoms with van der Waals surface area (Å²) in [6, 6.07) is 18.2. The van der Waals surface area contributed by atoms with E-state index in [1.54, 1.807) is 36.4 Å². The van der Waals surface area contributed by atoms with Crippen molar-refractivity contribution in [3.63, 3.8) is 0 Å². The number of amides is 2. The van der Waals surface area contributed by atoms with Gasteiger partial charge >= 0.3 is 0 Å². The molecule has 11 heteroatoms. The standard InChI is InChI=1S/C28H31Cl2N3O5S/c1-19-10-13-26(38-3)24(14-19)33(39(4,36)37)18-27(34)32(17-21-11-12-22(29)16-23(21)30)25(28(35)31-2)15-20-8-6-5-7-9-20/h5-14,16,25H,15,17-18H2,1-4H3,(H,31,35). The molecule has 3 aromatic rings. The molecule has 1 atom stereocenters. The predicted molar refractivity (Wildman–Crippen MR) is 155 cm³/mol. The number of sulfonamides is 1. The van der Waals surface area contributed by atoms with Crippen molar-refractivity contribution in [2.24, 2.45) is 0 Å². The number of hydrogen-bond acceptors (Lipinski definition) is 5. The van der Waals surface area contributed by atoms with E-state index in [1.807, 2.05) is 37.3 Å². The summed E-state index contributed by atoms with van der Waals surface area (Å²) >= 11 is 12.5. The average Bonchev–Trinajstić information content (AvgIpc) is 2.89. The Kier molecular flexibility index (Phi) is 10.2. The second-order valence-electron chi connectivity index (χ2n) is 9.02. The van der Waals surface area contributed by atoms with Gasteiger partial charge in [0.15, 0.2) is 0 Å². The SMILES string of the molecule is CNC(=O)C(Cc1ccccc1)N(Cc1ccc(Cl)cc1Cl)C(=O)CN(c1cc(C)ccc1OC)S(C)(=O)=O. The van der Waals surface area contributed by atoms with E-state index in [0.29, 0.717) is 21.4 Å². The summed E-state index contributed by atoms with van der Waals surface area (Å²) in [5.74, 6) is -0.714. The maximum atomic E-state index is 14.0. The maximum absolute atomic E-state index is 14.0. The van der Waals surface area contributed by atoms with Crippen LogP contribution in [0.5, 0.6) is 5.75 Å². The molecule has 0 aliphatic carbocycles. The van der Waals surface area contributed by atoms with Crippen molar-refractivity contribution >= 4 is 50.7 Å². The molecule has 0 aromatic heterocycles. The molecule has 0 heterocycles. The quantitative estimate of drug-likeness (QED) is 0.355. The third-order valence-electron chi connectivity index (χ3n) is 6.16. The zero-order valence-corrected chi connectivity index (χ0v) is 24.5. The number of methoxy groups -OCH3 is 1. The van der Waals surface area contributed by atoms with Crippen LogP contribution in [0.3, 0.4) is 0 Å². The van der Waals surface area contributed by atoms with Gasteiger partial charge in [-0.1, -0.05) is 65.7 Å². The van der Waals surface area contributed by atoms with E-state index in [1.165, 1.54) is 19.1 Å². The number of benzene rings is 3. The van der Waals surface area contributed by atoms with Gasteiger partial charge in [0.1, 0.15) is 18.3 Å². The summed E-state index contributed by atoms with van der Waals surface area (Å²) in [6.07, 6.45) is 1.22. The number of carbonyl (C=O) groups is 2. The molecule has 0 saturated heterocycles. The number of anilines is 1. The molecule has 3 rings (SSSR count). The molecule has 1 unspecified atom stereocenters. The van der Waals surface area contributed by atoms with Gasteiger partial charge in [0.05, 0.1) is 19.1 Å². The first-order chi connectivity index (χ1) is 18.4. The van der Waals surface area contributed by atoms with Gasteiger partial charge in [-0.15, -0.1) is 0 Å². The summed E-state index contributed by atoms with van der Waals surface area (Å²) in [4.78, 5) is 28.5. The van der Waals surface area contributed by atoms with E-state index >= 15 is 0 Å². The van der Waals surface area contributed by atoms with Gasteiger partial charge in [0.25, 0.3) is 0 Å². The van der Waals surface area contributed by atoms with Crippen molar-refractivity contribution in [3.8, 4) is 5.75 Å². The number of ether oxygens (including phenoxy) is 1. The third-order valence-corrected chi connectivity index (χ3v) is 7.87. The molecule has 0 spiro atoms. The van der Waals surface area contributed by atoms with Gasteiger partial charge in [-0.25, -0.2) is 8.42 Å². The molecular formula is C28H31Cl2N3O5S. The Balaban J connectivity index is 2.10. The first kappa shape index (κ1) is 30.3. The number of aryl methyl sites for hydroxylation is 1. The topological polar surface area (TPSA) is 96.0 Å². The highest BCUT2D eigenvalue weighted by Crippen LogP contribution is 2.31. The fourth-order valence-electron chi connectivity index (χ4n) is 4.14. The average molecular weight is 593 g/mol. The van der Waals surface area contributed by atoms with Crippen LogP contribution in [-0.2, 0) is 32.6 Å². The number of likely N-dealkylation sites (N-methyl/N-ethyl adjacent to an activating group) is 1. The number of nitrogens with one attached hydrogen (secondary N) is 1. The molecule has 0 aliphatic heterocycles. The third kappa shape index (κ3) is 7.88. The lowest BCUT2D eigenvalue weighted by Crippen LogP contribution is -2.53. The van der Waals surface area contributed by atoms with Crippen LogP contribution in [0.4, 0.5) is 5.69 Å². The molecule has 0 aliphatic rings. The first-order valence-corrected chi connectivity index (χ1v) is 14.7. The second kappa shape index (κ2) is 13.2. The van der Waals surface area contributed by atoms with Crippen LogP contribution < -0.4 is 14.4 Å². The fraction of sp³-hybridized carbons (Fsp3) is 0.286. The minimum atomic E-state index is -3.93. The largest absolute Gasteiger partial charge is 0.495 e. The Morgan fingerprint density at radius 1 is 1.03 bits per heavy atom. The minimum Gasteiger partial charge on any atom is -0.495 e. The summed E-state index contributed by atoms with van der Waals surface area (Å²) in [5.41, 5.74) is 2.38. The Hall–Kier alpha value is -3.27. The second-order valence-corrected chi connectivity index (χ2v) is 11.8. The normalized spacial score (nSPS) is 11.9. The lowest BCUT2D eigenvalue weighted by Gasteiger charge is -2.33. The number of rotatable bonds is 11. The predicted octanol–water partition coefficient (Wildman–Crippen LogP) is 4.46. The number of nitrogens with zero attached hydrogens (tertiary/aromatic N) is 2. The highest BCUT2D eigenvalue weighted by molar-refractivity contribution is 7.92. The molecule has 2 amide bonds. The highest BCUT2D eigenvalue weighted by Gasteiger charge is 2.33. The molecule has 0 bridgehead atoms. The van der Waals surface area contributed by atoms with Crippen LogP contribution in [-0.4, -0.2) is 58.1 Å². The zero-order chi connectivity index (χ0) is 28.7. The Bertz CT molecular complexity index is 1430. The summed E-state index contributed by atoms with van der Waals surface area (Å²) in [5, 5.41) is 3.37. The molecule has 1 N–H and O–H groups in total. The lowest BCUT2D eigenvalue weighted by atomic mass is 10.0. The van der Waals surface area contributed by atoms with Crippen LogP contribution in [0.15, 0.2) is 66.7 Å². The van der Waals surface area contributed by atoms with Gasteiger partial charge < -0.3 is 15.0 Å². The number of halogens is 2. The van der Waals surface area contributed by atoms with Gasteiger partial charge in [-0.2, -0.15) is 0 Å². The maximum Gasteiger partial charge on any atom is 0.244 e. The van der Waals surface area contributed by atoms with Crippen molar-refractivity contribution in [1.29, 1.82) is 0 Å². The van der Waals surface area contributed by atoms with Crippen molar-refractivity contribution in [1.82, 2.24) is 10.2 Å². The fourth-order valence-corrected chi connectivity index (χ4v) is 5.46. The molecule has 39 heavy (non-hydrogen) atoms. The minimum absolute atomic E-state index is 0.0533. The summed E-state index contributed by atoms with van der Waals surface area (Å²) in [7, 11) is -1.02. The van der Waals surface area contributed by atoms with Crippen LogP contribution in [0.1, 0.15) is 16.7 Å². The van der Waals surface area contributed by atoms with E-state index < -0.39 is 34.4 Å². The lowest BCUT2D eigenvalue weighted by molar-refractivity contribution is -0.139. The summed E-state index contributed by atoms with van der Waals surface area (Å²) in [6.45, 7) is 1.19. The smallest absolute Gasteiger partial charge is 0.244 e. The van der Waals surface area contributed by atoms with Crippen LogP contribution in [0.25, 0.3) is 0 Å². The van der Waals surface area contributed by atoms with Gasteiger partial charge in [0, 0.05) is 30.1 Å².